The molecule has 0 spiro atoms. The summed E-state index contributed by atoms with van der Waals surface area (Å²) in [6.07, 6.45) is 2.94. The van der Waals surface area contributed by atoms with Crippen molar-refractivity contribution in [2.24, 2.45) is 0 Å². The number of anilines is 1. The van der Waals surface area contributed by atoms with Gasteiger partial charge in [-0.25, -0.2) is 4.98 Å². The minimum atomic E-state index is -0.806. The number of nitrogens with zero attached hydrogens (tertiary/aromatic N) is 1. The van der Waals surface area contributed by atoms with E-state index < -0.39 is 17.9 Å². The predicted molar refractivity (Wildman–Crippen MR) is 114 cm³/mol. The molecule has 2 atom stereocenters. The number of nitrogens with one attached hydrogen (secondary N) is 3. The van der Waals surface area contributed by atoms with Gasteiger partial charge in [-0.3, -0.25) is 9.59 Å². The average Bonchev–Trinajstić information content (AvgIpc) is 3.09. The van der Waals surface area contributed by atoms with Crippen molar-refractivity contribution in [3.8, 4) is 0 Å². The first-order chi connectivity index (χ1) is 13.9. The smallest absolute Gasteiger partial charge is 0.313 e. The van der Waals surface area contributed by atoms with Gasteiger partial charge in [0.25, 0.3) is 0 Å². The van der Waals surface area contributed by atoms with Gasteiger partial charge in [0.2, 0.25) is 0 Å². The Bertz CT molecular complexity index is 900. The predicted octanol–water partition coefficient (Wildman–Crippen LogP) is 3.19. The molecule has 1 fully saturated rings. The topological polar surface area (TPSA) is 103 Å². The number of hydrogen-bond donors (Lipinski definition) is 4. The van der Waals surface area contributed by atoms with Crippen LogP contribution in [0.3, 0.4) is 0 Å². The SMILES string of the molecule is Cc1nc(C(NC(=O)C(=O)Nc2ccc(Cl)c(Cl)c2)C2CCCCN2)sc1CO. The van der Waals surface area contributed by atoms with E-state index in [2.05, 4.69) is 20.9 Å². The van der Waals surface area contributed by atoms with Crippen molar-refractivity contribution in [2.45, 2.75) is 44.9 Å². The maximum Gasteiger partial charge on any atom is 0.313 e. The fraction of sp³-hybridized carbons (Fsp3) is 0.421. The molecule has 29 heavy (non-hydrogen) atoms. The molecule has 2 unspecified atom stereocenters. The van der Waals surface area contributed by atoms with Crippen molar-refractivity contribution >= 4 is 52.0 Å². The summed E-state index contributed by atoms with van der Waals surface area (Å²) in [6, 6.07) is 4.08. The molecule has 0 bridgehead atoms. The highest BCUT2D eigenvalue weighted by Gasteiger charge is 2.31. The molecule has 0 saturated carbocycles. The number of aromatic nitrogens is 1. The summed E-state index contributed by atoms with van der Waals surface area (Å²) in [4.78, 5) is 30.3. The molecule has 2 amide bonds. The number of benzene rings is 1. The van der Waals surface area contributed by atoms with E-state index in [-0.39, 0.29) is 17.7 Å². The molecule has 1 aromatic carbocycles. The third-order valence-electron chi connectivity index (χ3n) is 4.74. The number of rotatable bonds is 5. The summed E-state index contributed by atoms with van der Waals surface area (Å²) in [7, 11) is 0. The minimum absolute atomic E-state index is 0.0393. The molecule has 7 nitrogen and oxygen atoms in total. The Labute approximate surface area is 182 Å². The molecule has 156 valence electrons. The van der Waals surface area contributed by atoms with Crippen molar-refractivity contribution < 1.29 is 14.7 Å². The Morgan fingerprint density at radius 3 is 2.72 bits per heavy atom. The molecule has 0 radical (unpaired) electrons. The van der Waals surface area contributed by atoms with E-state index in [1.807, 2.05) is 6.92 Å². The van der Waals surface area contributed by atoms with Crippen LogP contribution in [0.1, 0.15) is 40.9 Å². The maximum atomic E-state index is 12.6. The summed E-state index contributed by atoms with van der Waals surface area (Å²) >= 11 is 13.2. The summed E-state index contributed by atoms with van der Waals surface area (Å²) in [6.45, 7) is 2.54. The van der Waals surface area contributed by atoms with E-state index in [1.54, 1.807) is 12.1 Å². The molecule has 1 aromatic heterocycles. The molecular formula is C19H22Cl2N4O3S. The Morgan fingerprint density at radius 2 is 2.10 bits per heavy atom. The fourth-order valence-electron chi connectivity index (χ4n) is 3.20. The monoisotopic (exact) mass is 456 g/mol. The second kappa shape index (κ2) is 9.86. The second-order valence-electron chi connectivity index (χ2n) is 6.81. The van der Waals surface area contributed by atoms with Crippen LogP contribution in [-0.2, 0) is 16.2 Å². The van der Waals surface area contributed by atoms with Crippen LogP contribution in [0.2, 0.25) is 10.0 Å². The highest BCUT2D eigenvalue weighted by molar-refractivity contribution is 7.11. The van der Waals surface area contributed by atoms with Gasteiger partial charge in [-0.05, 0) is 44.5 Å². The lowest BCUT2D eigenvalue weighted by molar-refractivity contribution is -0.136. The van der Waals surface area contributed by atoms with E-state index in [0.29, 0.717) is 15.7 Å². The van der Waals surface area contributed by atoms with Gasteiger partial charge in [0, 0.05) is 11.7 Å². The van der Waals surface area contributed by atoms with Crippen molar-refractivity contribution in [3.63, 3.8) is 0 Å². The largest absolute Gasteiger partial charge is 0.391 e. The second-order valence-corrected chi connectivity index (χ2v) is 8.74. The van der Waals surface area contributed by atoms with Crippen LogP contribution in [0, 0.1) is 6.92 Å². The van der Waals surface area contributed by atoms with Crippen LogP contribution >= 0.6 is 34.5 Å². The molecule has 1 aliphatic heterocycles. The Balaban J connectivity index is 1.75. The Kier molecular flexibility index (Phi) is 7.48. The third-order valence-corrected chi connectivity index (χ3v) is 6.70. The fourth-order valence-corrected chi connectivity index (χ4v) is 4.54. The van der Waals surface area contributed by atoms with Crippen LogP contribution in [0.15, 0.2) is 18.2 Å². The Hall–Kier alpha value is -1.71. The van der Waals surface area contributed by atoms with Gasteiger partial charge >= 0.3 is 11.8 Å². The van der Waals surface area contributed by atoms with Crippen molar-refractivity contribution in [2.75, 3.05) is 11.9 Å². The van der Waals surface area contributed by atoms with E-state index in [9.17, 15) is 14.7 Å². The number of amides is 2. The standard InChI is InChI=1S/C19H22Cl2N4O3S/c1-10-15(9-26)29-19(23-10)16(14-4-2-3-7-22-14)25-18(28)17(27)24-11-5-6-12(20)13(21)8-11/h5-6,8,14,16,22,26H,2-4,7,9H2,1H3,(H,24,27)(H,25,28). The highest BCUT2D eigenvalue weighted by atomic mass is 35.5. The van der Waals surface area contributed by atoms with Gasteiger partial charge in [0.1, 0.15) is 5.01 Å². The normalized spacial score (nSPS) is 17.6. The van der Waals surface area contributed by atoms with Gasteiger partial charge in [-0.1, -0.05) is 29.6 Å². The summed E-state index contributed by atoms with van der Waals surface area (Å²) < 4.78 is 0. The van der Waals surface area contributed by atoms with Crippen LogP contribution in [0.4, 0.5) is 5.69 Å². The van der Waals surface area contributed by atoms with E-state index in [4.69, 9.17) is 23.2 Å². The minimum Gasteiger partial charge on any atom is -0.391 e. The molecule has 10 heteroatoms. The van der Waals surface area contributed by atoms with Crippen LogP contribution in [0.5, 0.6) is 0 Å². The molecule has 1 aliphatic rings. The molecule has 0 aliphatic carbocycles. The van der Waals surface area contributed by atoms with Crippen molar-refractivity contribution in [3.05, 3.63) is 43.8 Å². The summed E-state index contributed by atoms with van der Waals surface area (Å²) in [5.41, 5.74) is 1.10. The molecule has 3 rings (SSSR count). The number of thiazole rings is 1. The zero-order valence-electron chi connectivity index (χ0n) is 15.8. The number of hydrogen-bond acceptors (Lipinski definition) is 6. The number of aliphatic hydroxyl groups excluding tert-OH is 1. The van der Waals surface area contributed by atoms with Crippen LogP contribution < -0.4 is 16.0 Å². The number of piperidine rings is 1. The van der Waals surface area contributed by atoms with Gasteiger partial charge in [0.15, 0.2) is 0 Å². The van der Waals surface area contributed by atoms with E-state index in [1.165, 1.54) is 17.4 Å². The van der Waals surface area contributed by atoms with E-state index in [0.717, 1.165) is 36.4 Å². The number of aliphatic hydroxyl groups is 1. The molecular weight excluding hydrogens is 435 g/mol. The molecule has 2 heterocycles. The molecule has 1 saturated heterocycles. The summed E-state index contributed by atoms with van der Waals surface area (Å²) in [5.74, 6) is -1.58. The van der Waals surface area contributed by atoms with E-state index >= 15 is 0 Å². The zero-order valence-corrected chi connectivity index (χ0v) is 18.1. The van der Waals surface area contributed by atoms with Gasteiger partial charge < -0.3 is 21.1 Å². The lowest BCUT2D eigenvalue weighted by Crippen LogP contribution is -2.48. The number of carbonyl (C=O) groups excluding carboxylic acids is 2. The van der Waals surface area contributed by atoms with Gasteiger partial charge in [-0.2, -0.15) is 0 Å². The Morgan fingerprint density at radius 1 is 1.31 bits per heavy atom. The number of aryl methyl sites for hydroxylation is 1. The van der Waals surface area contributed by atoms with Gasteiger partial charge in [-0.15, -0.1) is 11.3 Å². The van der Waals surface area contributed by atoms with Crippen molar-refractivity contribution in [1.82, 2.24) is 15.6 Å². The highest BCUT2D eigenvalue weighted by Crippen LogP contribution is 2.29. The first-order valence-corrected chi connectivity index (χ1v) is 10.8. The third kappa shape index (κ3) is 5.46. The molecule has 2 aromatic rings. The zero-order chi connectivity index (χ0) is 21.0. The maximum absolute atomic E-state index is 12.6. The van der Waals surface area contributed by atoms with Crippen LogP contribution in [0.25, 0.3) is 0 Å². The first-order valence-electron chi connectivity index (χ1n) is 9.26. The lowest BCUT2D eigenvalue weighted by atomic mass is 9.98. The lowest BCUT2D eigenvalue weighted by Gasteiger charge is -2.30. The number of carbonyl (C=O) groups is 2. The summed E-state index contributed by atoms with van der Waals surface area (Å²) in [5, 5.41) is 19.5. The quantitative estimate of drug-likeness (QED) is 0.517. The molecule has 4 N–H and O–H groups in total. The first kappa shape index (κ1) is 22.0. The number of halogens is 2. The van der Waals surface area contributed by atoms with Crippen LogP contribution in [-0.4, -0.2) is 34.5 Å². The van der Waals surface area contributed by atoms with Gasteiger partial charge in [0.05, 0.1) is 33.3 Å². The average molecular weight is 457 g/mol. The van der Waals surface area contributed by atoms with Crippen molar-refractivity contribution in [1.29, 1.82) is 0 Å².